The van der Waals surface area contributed by atoms with Crippen molar-refractivity contribution in [1.29, 1.82) is 0 Å². The standard InChI is InChI=1S/C15H23BrN2O/c1-18(2)14(15(10-17)7-4-8-15)11-5-6-13(19-3)12(16)9-11/h5-6,9,14H,4,7-8,10,17H2,1-3H3. The average molecular weight is 327 g/mol. The van der Waals surface area contributed by atoms with Crippen molar-refractivity contribution in [3.05, 3.63) is 28.2 Å². The lowest BCUT2D eigenvalue weighted by Crippen LogP contribution is -2.47. The summed E-state index contributed by atoms with van der Waals surface area (Å²) < 4.78 is 6.31. The molecule has 0 amide bonds. The van der Waals surface area contributed by atoms with Crippen molar-refractivity contribution < 1.29 is 4.74 Å². The third-order valence-corrected chi connectivity index (χ3v) is 4.96. The van der Waals surface area contributed by atoms with E-state index < -0.39 is 0 Å². The lowest BCUT2D eigenvalue weighted by molar-refractivity contribution is 0.0281. The molecule has 1 aliphatic rings. The van der Waals surface area contributed by atoms with E-state index in [-0.39, 0.29) is 5.41 Å². The number of rotatable bonds is 5. The van der Waals surface area contributed by atoms with Gasteiger partial charge in [-0.25, -0.2) is 0 Å². The highest BCUT2D eigenvalue weighted by atomic mass is 79.9. The van der Waals surface area contributed by atoms with Gasteiger partial charge in [0.2, 0.25) is 0 Å². The van der Waals surface area contributed by atoms with Gasteiger partial charge in [0.25, 0.3) is 0 Å². The van der Waals surface area contributed by atoms with E-state index in [0.717, 1.165) is 16.8 Å². The molecule has 0 heterocycles. The van der Waals surface area contributed by atoms with Crippen LogP contribution < -0.4 is 10.5 Å². The van der Waals surface area contributed by atoms with Crippen molar-refractivity contribution >= 4 is 15.9 Å². The molecule has 0 aliphatic heterocycles. The summed E-state index contributed by atoms with van der Waals surface area (Å²) in [6.45, 7) is 0.749. The number of hydrogen-bond donors (Lipinski definition) is 1. The Morgan fingerprint density at radius 1 is 1.42 bits per heavy atom. The van der Waals surface area contributed by atoms with Crippen LogP contribution in [0.5, 0.6) is 5.75 Å². The Kier molecular flexibility index (Phi) is 4.54. The maximum absolute atomic E-state index is 6.08. The van der Waals surface area contributed by atoms with Crippen LogP contribution in [0.3, 0.4) is 0 Å². The summed E-state index contributed by atoms with van der Waals surface area (Å²) in [5.41, 5.74) is 7.62. The second-order valence-electron chi connectivity index (χ2n) is 5.68. The molecule has 19 heavy (non-hydrogen) atoms. The monoisotopic (exact) mass is 326 g/mol. The fourth-order valence-corrected chi connectivity index (χ4v) is 3.83. The number of halogens is 1. The molecule has 2 rings (SSSR count). The number of hydrogen-bond acceptors (Lipinski definition) is 3. The van der Waals surface area contributed by atoms with Crippen LogP contribution in [-0.2, 0) is 0 Å². The molecule has 0 saturated heterocycles. The van der Waals surface area contributed by atoms with Gasteiger partial charge in [0.05, 0.1) is 11.6 Å². The van der Waals surface area contributed by atoms with Gasteiger partial charge in [-0.1, -0.05) is 12.5 Å². The largest absolute Gasteiger partial charge is 0.496 e. The first kappa shape index (κ1) is 14.8. The predicted octanol–water partition coefficient (Wildman–Crippen LogP) is 3.19. The number of nitrogens with zero attached hydrogens (tertiary/aromatic N) is 1. The van der Waals surface area contributed by atoms with E-state index in [1.165, 1.54) is 24.8 Å². The van der Waals surface area contributed by atoms with Crippen molar-refractivity contribution in [3.8, 4) is 5.75 Å². The smallest absolute Gasteiger partial charge is 0.133 e. The molecule has 1 aromatic rings. The quantitative estimate of drug-likeness (QED) is 0.903. The van der Waals surface area contributed by atoms with Crippen molar-refractivity contribution in [2.24, 2.45) is 11.1 Å². The van der Waals surface area contributed by atoms with Crippen molar-refractivity contribution in [1.82, 2.24) is 4.90 Å². The highest BCUT2D eigenvalue weighted by molar-refractivity contribution is 9.10. The van der Waals surface area contributed by atoms with Gasteiger partial charge in [-0.05, 0) is 67.1 Å². The summed E-state index contributed by atoms with van der Waals surface area (Å²) in [5, 5.41) is 0. The second kappa shape index (κ2) is 5.81. The van der Waals surface area contributed by atoms with Crippen molar-refractivity contribution in [2.45, 2.75) is 25.3 Å². The Balaban J connectivity index is 2.37. The predicted molar refractivity (Wildman–Crippen MR) is 82.5 cm³/mol. The summed E-state index contributed by atoms with van der Waals surface area (Å²) in [5.74, 6) is 0.872. The van der Waals surface area contributed by atoms with Crippen LogP contribution in [0, 0.1) is 5.41 Å². The molecule has 0 bridgehead atoms. The molecule has 1 aliphatic carbocycles. The van der Waals surface area contributed by atoms with Crippen molar-refractivity contribution in [2.75, 3.05) is 27.7 Å². The fraction of sp³-hybridized carbons (Fsp3) is 0.600. The molecule has 3 nitrogen and oxygen atoms in total. The van der Waals surface area contributed by atoms with Gasteiger partial charge >= 0.3 is 0 Å². The zero-order valence-electron chi connectivity index (χ0n) is 11.9. The normalized spacial score (nSPS) is 19.1. The maximum Gasteiger partial charge on any atom is 0.133 e. The lowest BCUT2D eigenvalue weighted by Gasteiger charge is -2.50. The second-order valence-corrected chi connectivity index (χ2v) is 6.53. The van der Waals surface area contributed by atoms with E-state index >= 15 is 0 Å². The Labute approximate surface area is 124 Å². The molecular formula is C15H23BrN2O. The number of benzene rings is 1. The van der Waals surface area contributed by atoms with Gasteiger partial charge in [-0.3, -0.25) is 0 Å². The third-order valence-electron chi connectivity index (χ3n) is 4.34. The minimum Gasteiger partial charge on any atom is -0.496 e. The molecule has 1 unspecified atom stereocenters. The van der Waals surface area contributed by atoms with Crippen LogP contribution in [0.4, 0.5) is 0 Å². The first-order valence-electron chi connectivity index (χ1n) is 6.74. The Hall–Kier alpha value is -0.580. The van der Waals surface area contributed by atoms with Gasteiger partial charge in [0.15, 0.2) is 0 Å². The highest BCUT2D eigenvalue weighted by Gasteiger charge is 2.44. The van der Waals surface area contributed by atoms with Crippen LogP contribution >= 0.6 is 15.9 Å². The molecule has 0 spiro atoms. The first-order chi connectivity index (χ1) is 9.04. The van der Waals surface area contributed by atoms with Gasteiger partial charge in [0, 0.05) is 11.5 Å². The zero-order valence-corrected chi connectivity index (χ0v) is 13.5. The topological polar surface area (TPSA) is 38.5 Å². The molecule has 106 valence electrons. The molecule has 2 N–H and O–H groups in total. The number of nitrogens with two attached hydrogens (primary N) is 1. The van der Waals surface area contributed by atoms with Crippen LogP contribution in [0.1, 0.15) is 30.9 Å². The van der Waals surface area contributed by atoms with Gasteiger partial charge in [-0.2, -0.15) is 0 Å². The number of methoxy groups -OCH3 is 1. The highest BCUT2D eigenvalue weighted by Crippen LogP contribution is 2.52. The van der Waals surface area contributed by atoms with Crippen LogP contribution in [0.2, 0.25) is 0 Å². The number of ether oxygens (including phenoxy) is 1. The van der Waals surface area contributed by atoms with Gasteiger partial charge in [-0.15, -0.1) is 0 Å². The summed E-state index contributed by atoms with van der Waals surface area (Å²) >= 11 is 3.58. The van der Waals surface area contributed by atoms with Gasteiger partial charge in [0.1, 0.15) is 5.75 Å². The Morgan fingerprint density at radius 2 is 2.11 bits per heavy atom. The molecule has 0 aromatic heterocycles. The minimum absolute atomic E-state index is 0.234. The third kappa shape index (κ3) is 2.67. The average Bonchev–Trinajstić information content (AvgIpc) is 2.33. The fourth-order valence-electron chi connectivity index (χ4n) is 3.27. The summed E-state index contributed by atoms with van der Waals surface area (Å²) in [7, 11) is 5.97. The summed E-state index contributed by atoms with van der Waals surface area (Å²) in [4.78, 5) is 2.29. The summed E-state index contributed by atoms with van der Waals surface area (Å²) in [6, 6.07) is 6.72. The van der Waals surface area contributed by atoms with E-state index in [4.69, 9.17) is 10.5 Å². The lowest BCUT2D eigenvalue weighted by atomic mass is 9.62. The van der Waals surface area contributed by atoms with Gasteiger partial charge < -0.3 is 15.4 Å². The van der Waals surface area contributed by atoms with Crippen molar-refractivity contribution in [3.63, 3.8) is 0 Å². The Bertz CT molecular complexity index is 438. The molecular weight excluding hydrogens is 304 g/mol. The maximum atomic E-state index is 6.08. The molecule has 4 heteroatoms. The van der Waals surface area contributed by atoms with E-state index in [9.17, 15) is 0 Å². The molecule has 1 saturated carbocycles. The minimum atomic E-state index is 0.234. The van der Waals surface area contributed by atoms with E-state index in [1.807, 2.05) is 6.07 Å². The molecule has 0 radical (unpaired) electrons. The first-order valence-corrected chi connectivity index (χ1v) is 7.53. The van der Waals surface area contributed by atoms with Crippen LogP contribution in [0.25, 0.3) is 0 Å². The zero-order chi connectivity index (χ0) is 14.0. The van der Waals surface area contributed by atoms with Crippen LogP contribution in [-0.4, -0.2) is 32.6 Å². The molecule has 1 atom stereocenters. The summed E-state index contributed by atoms with van der Waals surface area (Å²) in [6.07, 6.45) is 3.73. The SMILES string of the molecule is COc1ccc(C(N(C)C)C2(CN)CCC2)cc1Br. The van der Waals surface area contributed by atoms with E-state index in [1.54, 1.807) is 7.11 Å². The van der Waals surface area contributed by atoms with E-state index in [2.05, 4.69) is 47.1 Å². The van der Waals surface area contributed by atoms with E-state index in [0.29, 0.717) is 6.04 Å². The Morgan fingerprint density at radius 3 is 2.47 bits per heavy atom. The molecule has 1 fully saturated rings. The molecule has 1 aromatic carbocycles. The van der Waals surface area contributed by atoms with Crippen LogP contribution in [0.15, 0.2) is 22.7 Å².